The van der Waals surface area contributed by atoms with Crippen molar-refractivity contribution in [1.29, 1.82) is 0 Å². The SMILES string of the molecule is OCc1ccccc1CNCc1cc(Br)c2c(c1)OCCCO2. The minimum Gasteiger partial charge on any atom is -0.490 e. The average Bonchev–Trinajstić information content (AvgIpc) is 2.81. The van der Waals surface area contributed by atoms with Crippen LogP contribution in [0.15, 0.2) is 40.9 Å². The summed E-state index contributed by atoms with van der Waals surface area (Å²) in [7, 11) is 0. The van der Waals surface area contributed by atoms with Gasteiger partial charge in [0.25, 0.3) is 0 Å². The molecule has 4 nitrogen and oxygen atoms in total. The fraction of sp³-hybridized carbons (Fsp3) is 0.333. The zero-order valence-electron chi connectivity index (χ0n) is 12.8. The summed E-state index contributed by atoms with van der Waals surface area (Å²) in [5.74, 6) is 1.58. The van der Waals surface area contributed by atoms with E-state index in [0.717, 1.165) is 45.6 Å². The van der Waals surface area contributed by atoms with Gasteiger partial charge in [0, 0.05) is 19.5 Å². The fourth-order valence-electron chi connectivity index (χ4n) is 2.61. The van der Waals surface area contributed by atoms with Gasteiger partial charge in [-0.2, -0.15) is 0 Å². The second-order valence-electron chi connectivity index (χ2n) is 5.49. The van der Waals surface area contributed by atoms with E-state index in [-0.39, 0.29) is 6.61 Å². The maximum atomic E-state index is 9.37. The van der Waals surface area contributed by atoms with E-state index in [2.05, 4.69) is 27.3 Å². The van der Waals surface area contributed by atoms with Gasteiger partial charge >= 0.3 is 0 Å². The van der Waals surface area contributed by atoms with Crippen LogP contribution in [0.5, 0.6) is 11.5 Å². The van der Waals surface area contributed by atoms with Crippen molar-refractivity contribution in [2.24, 2.45) is 0 Å². The lowest BCUT2D eigenvalue weighted by Gasteiger charge is -2.13. The molecule has 0 aromatic heterocycles. The van der Waals surface area contributed by atoms with Gasteiger partial charge in [0.1, 0.15) is 0 Å². The third-order valence-corrected chi connectivity index (χ3v) is 4.38. The Kier molecular flexibility index (Phi) is 5.54. The van der Waals surface area contributed by atoms with Gasteiger partial charge < -0.3 is 19.9 Å². The highest BCUT2D eigenvalue weighted by atomic mass is 79.9. The number of aliphatic hydroxyl groups is 1. The number of fused-ring (bicyclic) bond motifs is 1. The molecule has 1 aliphatic rings. The standard InChI is InChI=1S/C18H20BrNO3/c19-16-8-13(9-17-18(16)23-7-3-6-22-17)10-20-11-14-4-1-2-5-15(14)12-21/h1-2,4-5,8-9,20-21H,3,6-7,10-12H2. The van der Waals surface area contributed by atoms with Crippen molar-refractivity contribution in [3.05, 3.63) is 57.6 Å². The minimum atomic E-state index is 0.0629. The van der Waals surface area contributed by atoms with E-state index in [0.29, 0.717) is 19.8 Å². The van der Waals surface area contributed by atoms with Crippen molar-refractivity contribution in [1.82, 2.24) is 5.32 Å². The molecule has 0 saturated heterocycles. The minimum absolute atomic E-state index is 0.0629. The predicted molar refractivity (Wildman–Crippen MR) is 92.7 cm³/mol. The topological polar surface area (TPSA) is 50.7 Å². The Hall–Kier alpha value is -1.56. The average molecular weight is 378 g/mol. The fourth-order valence-corrected chi connectivity index (χ4v) is 3.22. The van der Waals surface area contributed by atoms with Crippen LogP contribution in [0.4, 0.5) is 0 Å². The Morgan fingerprint density at radius 2 is 1.83 bits per heavy atom. The number of benzene rings is 2. The summed E-state index contributed by atoms with van der Waals surface area (Å²) in [4.78, 5) is 0. The zero-order chi connectivity index (χ0) is 16.1. The van der Waals surface area contributed by atoms with Gasteiger partial charge in [0.15, 0.2) is 11.5 Å². The summed E-state index contributed by atoms with van der Waals surface area (Å²) in [6.07, 6.45) is 0.895. The van der Waals surface area contributed by atoms with Crippen molar-refractivity contribution in [3.63, 3.8) is 0 Å². The van der Waals surface area contributed by atoms with Crippen LogP contribution >= 0.6 is 15.9 Å². The van der Waals surface area contributed by atoms with Gasteiger partial charge in [-0.3, -0.25) is 0 Å². The molecule has 2 aromatic carbocycles. The molecule has 0 atom stereocenters. The van der Waals surface area contributed by atoms with E-state index in [1.54, 1.807) is 0 Å². The first-order chi connectivity index (χ1) is 11.3. The Morgan fingerprint density at radius 3 is 2.65 bits per heavy atom. The second-order valence-corrected chi connectivity index (χ2v) is 6.34. The molecule has 0 spiro atoms. The van der Waals surface area contributed by atoms with E-state index >= 15 is 0 Å². The molecule has 0 fully saturated rings. The highest BCUT2D eigenvalue weighted by Gasteiger charge is 2.15. The van der Waals surface area contributed by atoms with Crippen LogP contribution in [-0.2, 0) is 19.7 Å². The summed E-state index contributed by atoms with van der Waals surface area (Å²) in [5.41, 5.74) is 3.20. The quantitative estimate of drug-likeness (QED) is 0.838. The molecule has 0 radical (unpaired) electrons. The Balaban J connectivity index is 1.67. The molecule has 0 bridgehead atoms. The molecule has 0 aliphatic carbocycles. The number of aliphatic hydroxyl groups excluding tert-OH is 1. The normalized spacial score (nSPS) is 13.7. The first-order valence-electron chi connectivity index (χ1n) is 7.74. The Labute approximate surface area is 144 Å². The lowest BCUT2D eigenvalue weighted by Crippen LogP contribution is -2.14. The maximum Gasteiger partial charge on any atom is 0.175 e. The molecular formula is C18H20BrNO3. The summed E-state index contributed by atoms with van der Waals surface area (Å²) in [5, 5.41) is 12.8. The van der Waals surface area contributed by atoms with Crippen LogP contribution in [0, 0.1) is 0 Å². The van der Waals surface area contributed by atoms with Crippen LogP contribution in [0.1, 0.15) is 23.1 Å². The number of ether oxygens (including phenoxy) is 2. The molecule has 122 valence electrons. The summed E-state index contributed by atoms with van der Waals surface area (Å²) in [6.45, 7) is 2.85. The van der Waals surface area contributed by atoms with Crippen molar-refractivity contribution in [2.45, 2.75) is 26.1 Å². The molecule has 23 heavy (non-hydrogen) atoms. The van der Waals surface area contributed by atoms with Crippen LogP contribution in [0.25, 0.3) is 0 Å². The third kappa shape index (κ3) is 4.05. The van der Waals surface area contributed by atoms with Gasteiger partial charge in [-0.1, -0.05) is 24.3 Å². The van der Waals surface area contributed by atoms with Crippen LogP contribution < -0.4 is 14.8 Å². The second kappa shape index (κ2) is 7.81. The number of hydrogen-bond acceptors (Lipinski definition) is 4. The first-order valence-corrected chi connectivity index (χ1v) is 8.53. The third-order valence-electron chi connectivity index (χ3n) is 3.80. The van der Waals surface area contributed by atoms with E-state index < -0.39 is 0 Å². The molecule has 2 aromatic rings. The van der Waals surface area contributed by atoms with Crippen molar-refractivity contribution >= 4 is 15.9 Å². The smallest absolute Gasteiger partial charge is 0.175 e. The lowest BCUT2D eigenvalue weighted by molar-refractivity contribution is 0.280. The highest BCUT2D eigenvalue weighted by molar-refractivity contribution is 9.10. The lowest BCUT2D eigenvalue weighted by atomic mass is 10.1. The molecule has 0 saturated carbocycles. The van der Waals surface area contributed by atoms with Gasteiger partial charge in [-0.25, -0.2) is 0 Å². The van der Waals surface area contributed by atoms with Crippen molar-refractivity contribution in [2.75, 3.05) is 13.2 Å². The Bertz CT molecular complexity index is 675. The zero-order valence-corrected chi connectivity index (χ0v) is 14.4. The predicted octanol–water partition coefficient (Wildman–Crippen LogP) is 3.39. The van der Waals surface area contributed by atoms with Crippen LogP contribution in [0.3, 0.4) is 0 Å². The van der Waals surface area contributed by atoms with E-state index in [4.69, 9.17) is 9.47 Å². The number of hydrogen-bond donors (Lipinski definition) is 2. The van der Waals surface area contributed by atoms with Gasteiger partial charge in [0.2, 0.25) is 0 Å². The van der Waals surface area contributed by atoms with E-state index in [1.807, 2.05) is 30.3 Å². The highest BCUT2D eigenvalue weighted by Crippen LogP contribution is 2.38. The molecule has 0 unspecified atom stereocenters. The number of halogens is 1. The van der Waals surface area contributed by atoms with Crippen LogP contribution in [0.2, 0.25) is 0 Å². The molecule has 2 N–H and O–H groups in total. The number of rotatable bonds is 5. The molecule has 1 heterocycles. The first kappa shape index (κ1) is 16.3. The summed E-state index contributed by atoms with van der Waals surface area (Å²) < 4.78 is 12.4. The van der Waals surface area contributed by atoms with Crippen molar-refractivity contribution in [3.8, 4) is 11.5 Å². The molecule has 5 heteroatoms. The van der Waals surface area contributed by atoms with E-state index in [9.17, 15) is 5.11 Å². The molecule has 3 rings (SSSR count). The molecular weight excluding hydrogens is 358 g/mol. The van der Waals surface area contributed by atoms with Crippen LogP contribution in [-0.4, -0.2) is 18.3 Å². The summed E-state index contributed by atoms with van der Waals surface area (Å²) in [6, 6.07) is 12.0. The van der Waals surface area contributed by atoms with Gasteiger partial charge in [-0.05, 0) is 44.8 Å². The largest absolute Gasteiger partial charge is 0.490 e. The van der Waals surface area contributed by atoms with Gasteiger partial charge in [0.05, 0.1) is 24.3 Å². The summed E-state index contributed by atoms with van der Waals surface area (Å²) >= 11 is 3.56. The molecule has 1 aliphatic heterocycles. The number of nitrogens with one attached hydrogen (secondary N) is 1. The van der Waals surface area contributed by atoms with Gasteiger partial charge in [-0.15, -0.1) is 0 Å². The van der Waals surface area contributed by atoms with E-state index in [1.165, 1.54) is 0 Å². The Morgan fingerprint density at radius 1 is 1.04 bits per heavy atom. The van der Waals surface area contributed by atoms with Crippen molar-refractivity contribution < 1.29 is 14.6 Å². The monoisotopic (exact) mass is 377 g/mol. The molecule has 0 amide bonds. The maximum absolute atomic E-state index is 9.37.